The molecule has 0 bridgehead atoms. The van der Waals surface area contributed by atoms with Gasteiger partial charge in [0.1, 0.15) is 11.6 Å². The summed E-state index contributed by atoms with van der Waals surface area (Å²) in [4.78, 5) is 0. The Morgan fingerprint density at radius 1 is 1.24 bits per heavy atom. The number of rotatable bonds is 2. The van der Waals surface area contributed by atoms with Crippen LogP contribution in [0.2, 0.25) is 10.0 Å². The highest BCUT2D eigenvalue weighted by Crippen LogP contribution is 2.41. The van der Waals surface area contributed by atoms with Crippen molar-refractivity contribution in [3.05, 3.63) is 33.7 Å². The fourth-order valence-corrected chi connectivity index (χ4v) is 2.44. The average Bonchev–Trinajstić information content (AvgIpc) is 2.66. The molecule has 0 saturated heterocycles. The van der Waals surface area contributed by atoms with Crippen molar-refractivity contribution < 1.29 is 22.3 Å². The van der Waals surface area contributed by atoms with Crippen LogP contribution in [-0.2, 0) is 13.2 Å². The molecule has 0 aliphatic rings. The number of methoxy groups -OCH3 is 1. The maximum atomic E-state index is 14.0. The van der Waals surface area contributed by atoms with E-state index in [0.29, 0.717) is 0 Å². The van der Waals surface area contributed by atoms with Crippen molar-refractivity contribution >= 4 is 23.2 Å². The van der Waals surface area contributed by atoms with E-state index < -0.39 is 22.7 Å². The zero-order valence-electron chi connectivity index (χ0n) is 10.7. The van der Waals surface area contributed by atoms with Crippen molar-refractivity contribution in [1.29, 1.82) is 0 Å². The number of aryl methyl sites for hydroxylation is 1. The molecule has 114 valence electrons. The number of ether oxygens (including phenoxy) is 1. The first kappa shape index (κ1) is 15.9. The first-order chi connectivity index (χ1) is 9.66. The summed E-state index contributed by atoms with van der Waals surface area (Å²) in [6, 6.07) is 2.10. The second-order valence-electron chi connectivity index (χ2n) is 4.10. The number of nitrogens with zero attached hydrogens (tertiary/aromatic N) is 2. The Hall–Kier alpha value is -1.47. The molecule has 1 heterocycles. The lowest BCUT2D eigenvalue weighted by Gasteiger charge is -2.09. The van der Waals surface area contributed by atoms with Gasteiger partial charge in [-0.05, 0) is 12.1 Å². The van der Waals surface area contributed by atoms with Gasteiger partial charge in [-0.1, -0.05) is 23.2 Å². The highest BCUT2D eigenvalue weighted by Gasteiger charge is 2.39. The number of benzene rings is 1. The fraction of sp³-hybridized carbons (Fsp3) is 0.250. The van der Waals surface area contributed by atoms with Crippen LogP contribution < -0.4 is 4.74 Å². The minimum atomic E-state index is -4.74. The van der Waals surface area contributed by atoms with Gasteiger partial charge < -0.3 is 4.74 Å². The zero-order chi connectivity index (χ0) is 15.9. The summed E-state index contributed by atoms with van der Waals surface area (Å²) < 4.78 is 58.1. The summed E-state index contributed by atoms with van der Waals surface area (Å²) in [5.74, 6) is -0.724. The molecule has 1 aromatic carbocycles. The first-order valence-corrected chi connectivity index (χ1v) is 6.25. The van der Waals surface area contributed by atoms with Crippen LogP contribution in [0.5, 0.6) is 5.75 Å². The maximum absolute atomic E-state index is 14.0. The standard InChI is InChI=1S/C12H8Cl2F4N2O/c1-20-10(9(14)11(19-20)12(16,17)18)5-3-8(21-2)6(13)4-7(5)15/h3-4H,1-2H3. The largest absolute Gasteiger partial charge is 0.495 e. The molecule has 0 fully saturated rings. The quantitative estimate of drug-likeness (QED) is 0.748. The Morgan fingerprint density at radius 3 is 2.33 bits per heavy atom. The van der Waals surface area contributed by atoms with Gasteiger partial charge in [0.25, 0.3) is 0 Å². The van der Waals surface area contributed by atoms with Crippen molar-refractivity contribution in [2.24, 2.45) is 7.05 Å². The smallest absolute Gasteiger partial charge is 0.436 e. The van der Waals surface area contributed by atoms with Gasteiger partial charge in [-0.2, -0.15) is 18.3 Å². The van der Waals surface area contributed by atoms with E-state index >= 15 is 0 Å². The van der Waals surface area contributed by atoms with Gasteiger partial charge in [-0.3, -0.25) is 4.68 Å². The van der Waals surface area contributed by atoms with Crippen LogP contribution in [0.15, 0.2) is 12.1 Å². The number of hydrogen-bond acceptors (Lipinski definition) is 2. The normalized spacial score (nSPS) is 11.8. The van der Waals surface area contributed by atoms with Crippen molar-refractivity contribution in [3.63, 3.8) is 0 Å². The van der Waals surface area contributed by atoms with Gasteiger partial charge in [-0.25, -0.2) is 4.39 Å². The van der Waals surface area contributed by atoms with Gasteiger partial charge in [-0.15, -0.1) is 0 Å². The molecule has 9 heteroatoms. The van der Waals surface area contributed by atoms with E-state index in [1.165, 1.54) is 20.2 Å². The van der Waals surface area contributed by atoms with Crippen LogP contribution in [0.3, 0.4) is 0 Å². The van der Waals surface area contributed by atoms with Crippen LogP contribution in [0.25, 0.3) is 11.3 Å². The molecule has 21 heavy (non-hydrogen) atoms. The molecule has 0 radical (unpaired) electrons. The predicted octanol–water partition coefficient (Wildman–Crippen LogP) is 4.56. The maximum Gasteiger partial charge on any atom is 0.436 e. The first-order valence-electron chi connectivity index (χ1n) is 5.50. The van der Waals surface area contributed by atoms with Crippen LogP contribution in [0.1, 0.15) is 5.69 Å². The Balaban J connectivity index is 2.71. The van der Waals surface area contributed by atoms with Crippen molar-refractivity contribution in [1.82, 2.24) is 9.78 Å². The second-order valence-corrected chi connectivity index (χ2v) is 4.88. The van der Waals surface area contributed by atoms with Crippen LogP contribution >= 0.6 is 23.2 Å². The molecule has 0 N–H and O–H groups in total. The van der Waals surface area contributed by atoms with Gasteiger partial charge >= 0.3 is 6.18 Å². The average molecular weight is 343 g/mol. The molecule has 0 atom stereocenters. The minimum Gasteiger partial charge on any atom is -0.495 e. The third-order valence-electron chi connectivity index (χ3n) is 2.75. The highest BCUT2D eigenvalue weighted by atomic mass is 35.5. The van der Waals surface area contributed by atoms with Crippen LogP contribution in [-0.4, -0.2) is 16.9 Å². The topological polar surface area (TPSA) is 27.1 Å². The molecule has 2 rings (SSSR count). The lowest BCUT2D eigenvalue weighted by atomic mass is 10.1. The molecule has 0 spiro atoms. The second kappa shape index (κ2) is 5.38. The van der Waals surface area contributed by atoms with E-state index in [0.717, 1.165) is 10.7 Å². The molecular formula is C12H8Cl2F4N2O. The minimum absolute atomic E-state index is 0.00640. The predicted molar refractivity (Wildman–Crippen MR) is 70.2 cm³/mol. The number of halogens is 6. The summed E-state index contributed by atoms with van der Waals surface area (Å²) >= 11 is 11.5. The van der Waals surface area contributed by atoms with Gasteiger partial charge in [0, 0.05) is 12.6 Å². The van der Waals surface area contributed by atoms with E-state index in [9.17, 15) is 17.6 Å². The van der Waals surface area contributed by atoms with E-state index in [1.807, 2.05) is 0 Å². The third kappa shape index (κ3) is 2.80. The summed E-state index contributed by atoms with van der Waals surface area (Å²) in [6.45, 7) is 0. The molecule has 1 aromatic heterocycles. The highest BCUT2D eigenvalue weighted by molar-refractivity contribution is 6.34. The van der Waals surface area contributed by atoms with Crippen LogP contribution in [0.4, 0.5) is 17.6 Å². The molecule has 0 unspecified atom stereocenters. The fourth-order valence-electron chi connectivity index (χ4n) is 1.84. The molecule has 2 aromatic rings. The summed E-state index contributed by atoms with van der Waals surface area (Å²) in [6.07, 6.45) is -4.74. The lowest BCUT2D eigenvalue weighted by Crippen LogP contribution is -2.07. The Labute approximate surface area is 127 Å². The molecule has 0 amide bonds. The van der Waals surface area contributed by atoms with E-state index in [4.69, 9.17) is 27.9 Å². The Bertz CT molecular complexity index is 698. The van der Waals surface area contributed by atoms with E-state index in [2.05, 4.69) is 5.10 Å². The number of hydrogen-bond donors (Lipinski definition) is 0. The molecule has 0 aliphatic carbocycles. The van der Waals surface area contributed by atoms with E-state index in [-0.39, 0.29) is 22.0 Å². The number of alkyl halides is 3. The number of aromatic nitrogens is 2. The summed E-state index contributed by atoms with van der Waals surface area (Å²) in [5, 5.41) is 2.60. The lowest BCUT2D eigenvalue weighted by molar-refractivity contribution is -0.141. The van der Waals surface area contributed by atoms with E-state index in [1.54, 1.807) is 0 Å². The van der Waals surface area contributed by atoms with Crippen molar-refractivity contribution in [2.45, 2.75) is 6.18 Å². The van der Waals surface area contributed by atoms with Gasteiger partial charge in [0.15, 0.2) is 5.69 Å². The summed E-state index contributed by atoms with van der Waals surface area (Å²) in [5.41, 5.74) is -1.68. The van der Waals surface area contributed by atoms with Gasteiger partial charge in [0.2, 0.25) is 0 Å². The summed E-state index contributed by atoms with van der Waals surface area (Å²) in [7, 11) is 2.53. The third-order valence-corrected chi connectivity index (χ3v) is 3.41. The Kier molecular flexibility index (Phi) is 4.08. The molecule has 0 aliphatic heterocycles. The molecular weight excluding hydrogens is 335 g/mol. The van der Waals surface area contributed by atoms with Crippen molar-refractivity contribution in [3.8, 4) is 17.0 Å². The van der Waals surface area contributed by atoms with Gasteiger partial charge in [0.05, 0.1) is 22.8 Å². The monoisotopic (exact) mass is 342 g/mol. The van der Waals surface area contributed by atoms with Crippen LogP contribution in [0, 0.1) is 5.82 Å². The zero-order valence-corrected chi connectivity index (χ0v) is 12.2. The molecule has 0 saturated carbocycles. The molecule has 3 nitrogen and oxygen atoms in total. The SMILES string of the molecule is COc1cc(-c2c(Cl)c(C(F)(F)F)nn2C)c(F)cc1Cl. The Morgan fingerprint density at radius 2 is 1.86 bits per heavy atom. The van der Waals surface area contributed by atoms with Crippen molar-refractivity contribution in [2.75, 3.05) is 7.11 Å².